The highest BCUT2D eigenvalue weighted by Crippen LogP contribution is 2.20. The van der Waals surface area contributed by atoms with Crippen molar-refractivity contribution < 1.29 is 0 Å². The summed E-state index contributed by atoms with van der Waals surface area (Å²) >= 11 is 0. The van der Waals surface area contributed by atoms with E-state index in [1.165, 1.54) is 27.7 Å². The minimum atomic E-state index is 0.708. The van der Waals surface area contributed by atoms with Crippen molar-refractivity contribution in [3.05, 3.63) is 70.9 Å². The van der Waals surface area contributed by atoms with Gasteiger partial charge in [0.25, 0.3) is 0 Å². The number of fused-ring (bicyclic) bond motifs is 1. The van der Waals surface area contributed by atoms with Gasteiger partial charge in [-0.2, -0.15) is 5.26 Å². The highest BCUT2D eigenvalue weighted by Gasteiger charge is 2.11. The molecular formula is C22H26N4. The van der Waals surface area contributed by atoms with Crippen molar-refractivity contribution in [2.24, 2.45) is 0 Å². The molecule has 0 saturated heterocycles. The highest BCUT2D eigenvalue weighted by atomic mass is 15.2. The van der Waals surface area contributed by atoms with Gasteiger partial charge in [0.15, 0.2) is 0 Å². The standard InChI is InChI=1S/C22H26N4/c1-17-5-4-6-22-21(17)13-20(24-22)16-26(12-11-25(2)3)15-19-9-7-18(14-23)8-10-19/h4-10,13,24H,11-12,15-16H2,1-3H3. The molecule has 1 N–H and O–H groups in total. The third kappa shape index (κ3) is 4.51. The third-order valence-electron chi connectivity index (χ3n) is 4.68. The average Bonchev–Trinajstić information content (AvgIpc) is 3.04. The zero-order valence-electron chi connectivity index (χ0n) is 15.8. The van der Waals surface area contributed by atoms with E-state index >= 15 is 0 Å². The molecule has 3 rings (SSSR count). The van der Waals surface area contributed by atoms with Crippen LogP contribution in [-0.2, 0) is 13.1 Å². The number of hydrogen-bond donors (Lipinski definition) is 1. The first-order valence-corrected chi connectivity index (χ1v) is 8.98. The molecule has 26 heavy (non-hydrogen) atoms. The van der Waals surface area contributed by atoms with Crippen molar-refractivity contribution in [3.63, 3.8) is 0 Å². The number of nitriles is 1. The molecule has 0 aliphatic rings. The van der Waals surface area contributed by atoms with E-state index in [0.717, 1.165) is 26.2 Å². The van der Waals surface area contributed by atoms with Crippen LogP contribution in [0.4, 0.5) is 0 Å². The predicted molar refractivity (Wildman–Crippen MR) is 107 cm³/mol. The first kappa shape index (κ1) is 18.2. The van der Waals surface area contributed by atoms with Gasteiger partial charge in [0.1, 0.15) is 0 Å². The monoisotopic (exact) mass is 346 g/mol. The Morgan fingerprint density at radius 1 is 1.00 bits per heavy atom. The summed E-state index contributed by atoms with van der Waals surface area (Å²) < 4.78 is 0. The van der Waals surface area contributed by atoms with Gasteiger partial charge >= 0.3 is 0 Å². The number of aromatic nitrogens is 1. The number of benzene rings is 2. The smallest absolute Gasteiger partial charge is 0.0991 e. The van der Waals surface area contributed by atoms with Crippen molar-refractivity contribution in [1.82, 2.24) is 14.8 Å². The predicted octanol–water partition coefficient (Wildman–Crippen LogP) is 3.91. The van der Waals surface area contributed by atoms with E-state index in [9.17, 15) is 0 Å². The molecular weight excluding hydrogens is 320 g/mol. The summed E-state index contributed by atoms with van der Waals surface area (Å²) in [6, 6.07) is 18.7. The van der Waals surface area contributed by atoms with Crippen LogP contribution >= 0.6 is 0 Å². The minimum Gasteiger partial charge on any atom is -0.357 e. The summed E-state index contributed by atoms with van der Waals surface area (Å²) in [7, 11) is 4.21. The maximum Gasteiger partial charge on any atom is 0.0991 e. The second-order valence-electron chi connectivity index (χ2n) is 7.15. The Hall–Kier alpha value is -2.61. The summed E-state index contributed by atoms with van der Waals surface area (Å²) in [5, 5.41) is 10.3. The molecule has 0 spiro atoms. The van der Waals surface area contributed by atoms with Crippen molar-refractivity contribution in [3.8, 4) is 6.07 Å². The minimum absolute atomic E-state index is 0.708. The van der Waals surface area contributed by atoms with Crippen LogP contribution < -0.4 is 0 Å². The molecule has 1 heterocycles. The summed E-state index contributed by atoms with van der Waals surface area (Å²) in [5.74, 6) is 0. The summed E-state index contributed by atoms with van der Waals surface area (Å²) in [5.41, 5.74) is 5.68. The highest BCUT2D eigenvalue weighted by molar-refractivity contribution is 5.83. The van der Waals surface area contributed by atoms with E-state index in [-0.39, 0.29) is 0 Å². The van der Waals surface area contributed by atoms with Crippen LogP contribution in [0.5, 0.6) is 0 Å². The van der Waals surface area contributed by atoms with Crippen LogP contribution in [0.1, 0.15) is 22.4 Å². The van der Waals surface area contributed by atoms with Gasteiger partial charge in [-0.3, -0.25) is 4.90 Å². The van der Waals surface area contributed by atoms with E-state index in [0.29, 0.717) is 5.56 Å². The van der Waals surface area contributed by atoms with E-state index in [4.69, 9.17) is 5.26 Å². The Morgan fingerprint density at radius 3 is 2.42 bits per heavy atom. The molecule has 0 fully saturated rings. The van der Waals surface area contributed by atoms with E-state index < -0.39 is 0 Å². The number of nitrogens with one attached hydrogen (secondary N) is 1. The van der Waals surface area contributed by atoms with Crippen molar-refractivity contribution in [2.75, 3.05) is 27.2 Å². The van der Waals surface area contributed by atoms with Crippen LogP contribution in [0, 0.1) is 18.3 Å². The lowest BCUT2D eigenvalue weighted by atomic mass is 10.1. The number of aromatic amines is 1. The van der Waals surface area contributed by atoms with Gasteiger partial charge in [0.2, 0.25) is 0 Å². The molecule has 0 radical (unpaired) electrons. The van der Waals surface area contributed by atoms with E-state index in [1.807, 2.05) is 12.1 Å². The van der Waals surface area contributed by atoms with Gasteiger partial charge in [-0.25, -0.2) is 0 Å². The molecule has 0 aliphatic carbocycles. The summed E-state index contributed by atoms with van der Waals surface area (Å²) in [4.78, 5) is 8.22. The Labute approximate surface area is 155 Å². The molecule has 0 amide bonds. The SMILES string of the molecule is Cc1cccc2[nH]c(CN(CCN(C)C)Cc3ccc(C#N)cc3)cc12. The van der Waals surface area contributed by atoms with E-state index in [1.54, 1.807) is 0 Å². The fraction of sp³-hybridized carbons (Fsp3) is 0.318. The second kappa shape index (κ2) is 8.18. The van der Waals surface area contributed by atoms with Gasteiger partial charge in [-0.1, -0.05) is 24.3 Å². The van der Waals surface area contributed by atoms with Gasteiger partial charge in [0, 0.05) is 42.8 Å². The molecule has 0 aliphatic heterocycles. The fourth-order valence-corrected chi connectivity index (χ4v) is 3.19. The maximum atomic E-state index is 8.97. The lowest BCUT2D eigenvalue weighted by Crippen LogP contribution is -2.31. The largest absolute Gasteiger partial charge is 0.357 e. The Balaban J connectivity index is 1.77. The zero-order valence-corrected chi connectivity index (χ0v) is 15.8. The molecule has 1 aromatic heterocycles. The van der Waals surface area contributed by atoms with Crippen LogP contribution in [0.2, 0.25) is 0 Å². The van der Waals surface area contributed by atoms with Crippen LogP contribution in [0.15, 0.2) is 48.5 Å². The summed E-state index contributed by atoms with van der Waals surface area (Å²) in [6.07, 6.45) is 0. The molecule has 134 valence electrons. The molecule has 3 aromatic rings. The van der Waals surface area contributed by atoms with Crippen molar-refractivity contribution >= 4 is 10.9 Å². The molecule has 4 nitrogen and oxygen atoms in total. The Kier molecular flexibility index (Phi) is 5.72. The molecule has 2 aromatic carbocycles. The van der Waals surface area contributed by atoms with Crippen molar-refractivity contribution in [1.29, 1.82) is 5.26 Å². The maximum absolute atomic E-state index is 8.97. The molecule has 4 heteroatoms. The van der Waals surface area contributed by atoms with Crippen LogP contribution in [0.25, 0.3) is 10.9 Å². The lowest BCUT2D eigenvalue weighted by molar-refractivity contribution is 0.224. The van der Waals surface area contributed by atoms with Gasteiger partial charge in [-0.05, 0) is 56.4 Å². The van der Waals surface area contributed by atoms with Crippen LogP contribution in [0.3, 0.4) is 0 Å². The number of H-pyrrole nitrogens is 1. The third-order valence-corrected chi connectivity index (χ3v) is 4.68. The van der Waals surface area contributed by atoms with Gasteiger partial charge in [-0.15, -0.1) is 0 Å². The molecule has 0 unspecified atom stereocenters. The van der Waals surface area contributed by atoms with E-state index in [2.05, 4.69) is 78.3 Å². The Bertz CT molecular complexity index is 900. The van der Waals surface area contributed by atoms with Gasteiger partial charge in [0.05, 0.1) is 11.6 Å². The zero-order chi connectivity index (χ0) is 18.5. The molecule has 0 bridgehead atoms. The fourth-order valence-electron chi connectivity index (χ4n) is 3.19. The first-order valence-electron chi connectivity index (χ1n) is 8.98. The summed E-state index contributed by atoms with van der Waals surface area (Å²) in [6.45, 7) is 5.90. The number of likely N-dealkylation sites (N-methyl/N-ethyl adjacent to an activating group) is 1. The van der Waals surface area contributed by atoms with Crippen molar-refractivity contribution in [2.45, 2.75) is 20.0 Å². The van der Waals surface area contributed by atoms with Crippen LogP contribution in [-0.4, -0.2) is 42.0 Å². The average molecular weight is 346 g/mol. The quantitative estimate of drug-likeness (QED) is 0.705. The second-order valence-corrected chi connectivity index (χ2v) is 7.15. The first-order chi connectivity index (χ1) is 12.5. The van der Waals surface area contributed by atoms with Gasteiger partial charge < -0.3 is 9.88 Å². The number of aryl methyl sites for hydroxylation is 1. The number of hydrogen-bond acceptors (Lipinski definition) is 3. The topological polar surface area (TPSA) is 46.1 Å². The normalized spacial score (nSPS) is 11.4. The number of nitrogens with zero attached hydrogens (tertiary/aromatic N) is 3. The lowest BCUT2D eigenvalue weighted by Gasteiger charge is -2.23. The molecule has 0 atom stereocenters. The Morgan fingerprint density at radius 2 is 1.77 bits per heavy atom. The number of rotatable bonds is 7. The molecule has 0 saturated carbocycles.